The van der Waals surface area contributed by atoms with E-state index in [4.69, 9.17) is 5.73 Å². The fourth-order valence-corrected chi connectivity index (χ4v) is 1.21. The van der Waals surface area contributed by atoms with Crippen LogP contribution in [0.5, 0.6) is 11.6 Å². The zero-order valence-corrected chi connectivity index (χ0v) is 7.51. The molecule has 0 saturated carbocycles. The SMILES string of the molecule is NC(=O)c1nc(O)c2cc(O)ccc2n1. The average Bonchev–Trinajstić information content (AvgIpc) is 2.18. The molecule has 6 heteroatoms. The number of aromatic hydroxyl groups is 2. The molecule has 0 aliphatic rings. The van der Waals surface area contributed by atoms with Gasteiger partial charge >= 0.3 is 0 Å². The van der Waals surface area contributed by atoms with Gasteiger partial charge in [-0.2, -0.15) is 4.98 Å². The zero-order valence-electron chi connectivity index (χ0n) is 7.51. The van der Waals surface area contributed by atoms with Gasteiger partial charge < -0.3 is 15.9 Å². The van der Waals surface area contributed by atoms with E-state index in [1.54, 1.807) is 0 Å². The molecule has 4 N–H and O–H groups in total. The smallest absolute Gasteiger partial charge is 0.286 e. The van der Waals surface area contributed by atoms with Crippen LogP contribution in [0, 0.1) is 0 Å². The molecule has 0 aliphatic carbocycles. The maximum Gasteiger partial charge on any atom is 0.286 e. The number of nitrogens with two attached hydrogens (primary N) is 1. The van der Waals surface area contributed by atoms with Gasteiger partial charge in [-0.1, -0.05) is 0 Å². The Bertz CT molecular complexity index is 554. The zero-order chi connectivity index (χ0) is 11.0. The second-order valence-corrected chi connectivity index (χ2v) is 2.94. The number of carbonyl (C=O) groups is 1. The first-order chi connectivity index (χ1) is 7.08. The highest BCUT2D eigenvalue weighted by Crippen LogP contribution is 2.24. The summed E-state index contributed by atoms with van der Waals surface area (Å²) in [4.78, 5) is 18.1. The van der Waals surface area contributed by atoms with Gasteiger partial charge in [-0.25, -0.2) is 4.98 Å². The number of amides is 1. The van der Waals surface area contributed by atoms with Crippen molar-refractivity contribution in [2.45, 2.75) is 0 Å². The van der Waals surface area contributed by atoms with Crippen molar-refractivity contribution < 1.29 is 15.0 Å². The van der Waals surface area contributed by atoms with Crippen molar-refractivity contribution in [3.8, 4) is 11.6 Å². The van der Waals surface area contributed by atoms with E-state index in [9.17, 15) is 15.0 Å². The summed E-state index contributed by atoms with van der Waals surface area (Å²) in [6.45, 7) is 0. The first-order valence-corrected chi connectivity index (χ1v) is 4.07. The minimum Gasteiger partial charge on any atom is -0.508 e. The maximum absolute atomic E-state index is 10.8. The lowest BCUT2D eigenvalue weighted by atomic mass is 10.2. The van der Waals surface area contributed by atoms with Gasteiger partial charge in [0.2, 0.25) is 11.7 Å². The van der Waals surface area contributed by atoms with Crippen LogP contribution in [0.2, 0.25) is 0 Å². The van der Waals surface area contributed by atoms with Crippen LogP contribution >= 0.6 is 0 Å². The molecule has 0 atom stereocenters. The van der Waals surface area contributed by atoms with E-state index in [0.29, 0.717) is 5.52 Å². The number of phenols is 1. The van der Waals surface area contributed by atoms with Crippen LogP contribution in [-0.4, -0.2) is 26.1 Å². The summed E-state index contributed by atoms with van der Waals surface area (Å²) in [5.74, 6) is -1.48. The quantitative estimate of drug-likeness (QED) is 0.613. The molecule has 15 heavy (non-hydrogen) atoms. The van der Waals surface area contributed by atoms with Crippen LogP contribution in [0.4, 0.5) is 0 Å². The number of hydrogen-bond acceptors (Lipinski definition) is 5. The lowest BCUT2D eigenvalue weighted by Crippen LogP contribution is -2.15. The van der Waals surface area contributed by atoms with Gasteiger partial charge in [0.05, 0.1) is 10.9 Å². The highest BCUT2D eigenvalue weighted by Gasteiger charge is 2.10. The molecule has 2 aromatic rings. The first-order valence-electron chi connectivity index (χ1n) is 4.07. The molecule has 0 radical (unpaired) electrons. The summed E-state index contributed by atoms with van der Waals surface area (Å²) in [5.41, 5.74) is 5.32. The maximum atomic E-state index is 10.8. The van der Waals surface area contributed by atoms with Crippen LogP contribution < -0.4 is 5.73 Å². The third-order valence-corrected chi connectivity index (χ3v) is 1.88. The first kappa shape index (κ1) is 9.20. The molecule has 76 valence electrons. The molecule has 6 nitrogen and oxygen atoms in total. The monoisotopic (exact) mass is 205 g/mol. The van der Waals surface area contributed by atoms with Gasteiger partial charge in [-0.15, -0.1) is 0 Å². The Hall–Kier alpha value is -2.37. The highest BCUT2D eigenvalue weighted by atomic mass is 16.3. The van der Waals surface area contributed by atoms with Crippen molar-refractivity contribution in [3.05, 3.63) is 24.0 Å². The van der Waals surface area contributed by atoms with Crippen LogP contribution in [0.1, 0.15) is 10.6 Å². The van der Waals surface area contributed by atoms with Crippen molar-refractivity contribution in [2.24, 2.45) is 5.73 Å². The van der Waals surface area contributed by atoms with Gasteiger partial charge in [0, 0.05) is 0 Å². The van der Waals surface area contributed by atoms with Crippen molar-refractivity contribution in [1.82, 2.24) is 9.97 Å². The van der Waals surface area contributed by atoms with E-state index in [1.165, 1.54) is 18.2 Å². The largest absolute Gasteiger partial charge is 0.508 e. The number of aromatic nitrogens is 2. The van der Waals surface area contributed by atoms with E-state index in [1.807, 2.05) is 0 Å². The molecule has 1 amide bonds. The third-order valence-electron chi connectivity index (χ3n) is 1.88. The number of benzene rings is 1. The number of primary amides is 1. The number of carbonyl (C=O) groups excluding carboxylic acids is 1. The highest BCUT2D eigenvalue weighted by molar-refractivity contribution is 5.93. The summed E-state index contributed by atoms with van der Waals surface area (Å²) >= 11 is 0. The molecule has 0 spiro atoms. The summed E-state index contributed by atoms with van der Waals surface area (Å²) < 4.78 is 0. The number of nitrogens with zero attached hydrogens (tertiary/aromatic N) is 2. The van der Waals surface area contributed by atoms with E-state index >= 15 is 0 Å². The molecule has 0 bridgehead atoms. The molecule has 0 aliphatic heterocycles. The fourth-order valence-electron chi connectivity index (χ4n) is 1.21. The molecule has 2 rings (SSSR count). The lowest BCUT2D eigenvalue weighted by Gasteiger charge is -2.02. The van der Waals surface area contributed by atoms with Crippen molar-refractivity contribution in [1.29, 1.82) is 0 Å². The standard InChI is InChI=1S/C9H7N3O3/c10-7(14)8-11-6-2-1-4(13)3-5(6)9(15)12-8/h1-3,13H,(H2,10,14)(H,11,12,15). The molecular formula is C9H7N3O3. The fraction of sp³-hybridized carbons (Fsp3) is 0. The van der Waals surface area contributed by atoms with Crippen LogP contribution in [-0.2, 0) is 0 Å². The van der Waals surface area contributed by atoms with Crippen molar-refractivity contribution in [3.63, 3.8) is 0 Å². The van der Waals surface area contributed by atoms with Gasteiger partial charge in [-0.05, 0) is 18.2 Å². The van der Waals surface area contributed by atoms with E-state index < -0.39 is 5.91 Å². The van der Waals surface area contributed by atoms with Crippen LogP contribution in [0.3, 0.4) is 0 Å². The topological polar surface area (TPSA) is 109 Å². The Morgan fingerprint density at radius 3 is 2.67 bits per heavy atom. The summed E-state index contributed by atoms with van der Waals surface area (Å²) in [6, 6.07) is 4.15. The van der Waals surface area contributed by atoms with Crippen LogP contribution in [0.25, 0.3) is 10.9 Å². The number of hydrogen-bond donors (Lipinski definition) is 3. The van der Waals surface area contributed by atoms with Crippen LogP contribution in [0.15, 0.2) is 18.2 Å². The molecule has 1 aromatic carbocycles. The van der Waals surface area contributed by atoms with E-state index in [-0.39, 0.29) is 22.8 Å². The Morgan fingerprint density at radius 1 is 1.27 bits per heavy atom. The second kappa shape index (κ2) is 3.09. The Kier molecular flexibility index (Phi) is 1.89. The summed E-state index contributed by atoms with van der Waals surface area (Å²) in [7, 11) is 0. The summed E-state index contributed by atoms with van der Waals surface area (Å²) in [6.07, 6.45) is 0. The minimum atomic E-state index is -0.819. The number of rotatable bonds is 1. The second-order valence-electron chi connectivity index (χ2n) is 2.94. The van der Waals surface area contributed by atoms with Gasteiger partial charge in [-0.3, -0.25) is 4.79 Å². The van der Waals surface area contributed by atoms with E-state index in [2.05, 4.69) is 9.97 Å². The molecule has 1 heterocycles. The van der Waals surface area contributed by atoms with Crippen molar-refractivity contribution in [2.75, 3.05) is 0 Å². The van der Waals surface area contributed by atoms with E-state index in [0.717, 1.165) is 0 Å². The average molecular weight is 205 g/mol. The Balaban J connectivity index is 2.78. The Labute approximate surface area is 84.0 Å². The molecule has 0 unspecified atom stereocenters. The van der Waals surface area contributed by atoms with Gasteiger partial charge in [0.15, 0.2) is 0 Å². The number of phenolic OH excluding ortho intramolecular Hbond substituents is 1. The molecule has 0 saturated heterocycles. The Morgan fingerprint density at radius 2 is 2.00 bits per heavy atom. The summed E-state index contributed by atoms with van der Waals surface area (Å²) in [5, 5.41) is 18.9. The minimum absolute atomic E-state index is 0.0202. The van der Waals surface area contributed by atoms with Gasteiger partial charge in [0.25, 0.3) is 5.91 Å². The molecule has 1 aromatic heterocycles. The predicted molar refractivity (Wildman–Crippen MR) is 51.4 cm³/mol. The molecule has 0 fully saturated rings. The number of fused-ring (bicyclic) bond motifs is 1. The normalized spacial score (nSPS) is 10.4. The van der Waals surface area contributed by atoms with Gasteiger partial charge in [0.1, 0.15) is 5.75 Å². The predicted octanol–water partition coefficient (Wildman–Crippen LogP) is 0.140. The molecular weight excluding hydrogens is 198 g/mol. The lowest BCUT2D eigenvalue weighted by molar-refractivity contribution is 0.0990. The third kappa shape index (κ3) is 1.52. The van der Waals surface area contributed by atoms with Crippen molar-refractivity contribution >= 4 is 16.8 Å².